The van der Waals surface area contributed by atoms with Gasteiger partial charge in [0.25, 0.3) is 0 Å². The maximum atomic E-state index is 12.5. The molecule has 1 aromatic carbocycles. The summed E-state index contributed by atoms with van der Waals surface area (Å²) in [5.41, 5.74) is -0.351. The zero-order valence-electron chi connectivity index (χ0n) is 10.3. The number of hydrogen-bond donors (Lipinski definition) is 0. The molecule has 0 aliphatic heterocycles. The van der Waals surface area contributed by atoms with Crippen LogP contribution in [0.15, 0.2) is 30.6 Å². The van der Waals surface area contributed by atoms with E-state index in [9.17, 15) is 18.0 Å². The first-order valence-corrected chi connectivity index (χ1v) is 5.50. The van der Waals surface area contributed by atoms with Crippen LogP contribution in [0, 0.1) is 11.3 Å². The Hall–Kier alpha value is -2.62. The Bertz CT molecular complexity index is 710. The van der Waals surface area contributed by atoms with Crippen LogP contribution in [0.25, 0.3) is 5.69 Å². The van der Waals surface area contributed by atoms with Crippen LogP contribution in [-0.2, 0) is 6.18 Å². The number of carbonyl (C=O) groups is 1. The van der Waals surface area contributed by atoms with Gasteiger partial charge >= 0.3 is 6.18 Å². The van der Waals surface area contributed by atoms with Gasteiger partial charge in [0.15, 0.2) is 5.78 Å². The molecule has 102 valence electrons. The van der Waals surface area contributed by atoms with E-state index in [1.807, 2.05) is 6.07 Å². The Morgan fingerprint density at radius 2 is 2.10 bits per heavy atom. The number of carbonyl (C=O) groups excluding carboxylic acids is 1. The summed E-state index contributed by atoms with van der Waals surface area (Å²) in [7, 11) is 0. The zero-order valence-corrected chi connectivity index (χ0v) is 10.3. The molecule has 20 heavy (non-hydrogen) atoms. The summed E-state index contributed by atoms with van der Waals surface area (Å²) in [4.78, 5) is 11.5. The van der Waals surface area contributed by atoms with Gasteiger partial charge in [-0.3, -0.25) is 4.79 Å². The van der Waals surface area contributed by atoms with E-state index in [2.05, 4.69) is 5.10 Å². The van der Waals surface area contributed by atoms with Gasteiger partial charge in [-0.05, 0) is 25.1 Å². The third-order valence-electron chi connectivity index (χ3n) is 2.66. The van der Waals surface area contributed by atoms with Crippen molar-refractivity contribution in [1.82, 2.24) is 9.78 Å². The minimum absolute atomic E-state index is 0.145. The highest BCUT2D eigenvalue weighted by molar-refractivity contribution is 5.97. The summed E-state index contributed by atoms with van der Waals surface area (Å²) in [6.45, 7) is 1.29. The molecular weight excluding hydrogens is 271 g/mol. The van der Waals surface area contributed by atoms with E-state index >= 15 is 0 Å². The van der Waals surface area contributed by atoms with Gasteiger partial charge < -0.3 is 0 Å². The van der Waals surface area contributed by atoms with Gasteiger partial charge in [0.2, 0.25) is 0 Å². The van der Waals surface area contributed by atoms with Crippen LogP contribution < -0.4 is 0 Å². The lowest BCUT2D eigenvalue weighted by Crippen LogP contribution is -2.06. The first kappa shape index (κ1) is 13.8. The molecule has 0 aliphatic carbocycles. The number of Topliss-reactive ketones (excluding diaryl/α,β-unsaturated/α-hetero) is 1. The van der Waals surface area contributed by atoms with Crippen LogP contribution in [0.1, 0.15) is 28.4 Å². The zero-order chi connectivity index (χ0) is 14.9. The second-order valence-corrected chi connectivity index (χ2v) is 4.07. The van der Waals surface area contributed by atoms with Crippen molar-refractivity contribution in [1.29, 1.82) is 5.26 Å². The standard InChI is InChI=1S/C13H8F3N3O/c1-8(20)11-3-2-9(5-17)4-12(11)19-7-10(6-18-19)13(14,15)16/h2-4,6-7H,1H3. The number of rotatable bonds is 2. The van der Waals surface area contributed by atoms with Gasteiger partial charge in [-0.2, -0.15) is 23.5 Å². The van der Waals surface area contributed by atoms with Crippen molar-refractivity contribution in [3.05, 3.63) is 47.3 Å². The van der Waals surface area contributed by atoms with Crippen molar-refractivity contribution in [2.45, 2.75) is 13.1 Å². The second kappa shape index (κ2) is 4.81. The van der Waals surface area contributed by atoms with Gasteiger partial charge in [-0.15, -0.1) is 0 Å². The maximum absolute atomic E-state index is 12.5. The highest BCUT2D eigenvalue weighted by Crippen LogP contribution is 2.29. The Morgan fingerprint density at radius 1 is 1.40 bits per heavy atom. The third kappa shape index (κ3) is 2.54. The largest absolute Gasteiger partial charge is 0.419 e. The monoisotopic (exact) mass is 279 g/mol. The fourth-order valence-corrected chi connectivity index (χ4v) is 1.69. The molecule has 0 saturated heterocycles. The first-order chi connectivity index (χ1) is 9.32. The summed E-state index contributed by atoms with van der Waals surface area (Å²) in [6.07, 6.45) is -3.06. The minimum Gasteiger partial charge on any atom is -0.294 e. The van der Waals surface area contributed by atoms with Crippen molar-refractivity contribution in [3.8, 4) is 11.8 Å². The lowest BCUT2D eigenvalue weighted by atomic mass is 10.1. The van der Waals surface area contributed by atoms with Gasteiger partial charge in [0.1, 0.15) is 0 Å². The highest BCUT2D eigenvalue weighted by Gasteiger charge is 2.32. The molecular formula is C13H8F3N3O. The molecule has 2 aromatic rings. The highest BCUT2D eigenvalue weighted by atomic mass is 19.4. The molecule has 0 N–H and O–H groups in total. The molecule has 0 fully saturated rings. The lowest BCUT2D eigenvalue weighted by molar-refractivity contribution is -0.137. The van der Waals surface area contributed by atoms with Crippen LogP contribution in [0.5, 0.6) is 0 Å². The quantitative estimate of drug-likeness (QED) is 0.794. The first-order valence-electron chi connectivity index (χ1n) is 5.50. The van der Waals surface area contributed by atoms with Crippen molar-refractivity contribution in [2.75, 3.05) is 0 Å². The van der Waals surface area contributed by atoms with Crippen LogP contribution >= 0.6 is 0 Å². The number of ketones is 1. The molecule has 1 heterocycles. The van der Waals surface area contributed by atoms with Crippen LogP contribution in [-0.4, -0.2) is 15.6 Å². The van der Waals surface area contributed by atoms with Gasteiger partial charge in [0, 0.05) is 11.8 Å². The van der Waals surface area contributed by atoms with E-state index in [-0.39, 0.29) is 22.6 Å². The van der Waals surface area contributed by atoms with Crippen molar-refractivity contribution in [3.63, 3.8) is 0 Å². The van der Waals surface area contributed by atoms with Crippen molar-refractivity contribution in [2.24, 2.45) is 0 Å². The Labute approximate surface area is 112 Å². The smallest absolute Gasteiger partial charge is 0.294 e. The molecule has 0 spiro atoms. The number of benzene rings is 1. The average molecular weight is 279 g/mol. The van der Waals surface area contributed by atoms with E-state index in [0.717, 1.165) is 10.9 Å². The molecule has 2 rings (SSSR count). The molecule has 0 aliphatic rings. The van der Waals surface area contributed by atoms with E-state index in [1.54, 1.807) is 0 Å². The molecule has 0 bridgehead atoms. The predicted molar refractivity (Wildman–Crippen MR) is 63.3 cm³/mol. The van der Waals surface area contributed by atoms with Crippen LogP contribution in [0.3, 0.4) is 0 Å². The summed E-state index contributed by atoms with van der Waals surface area (Å²) >= 11 is 0. The topological polar surface area (TPSA) is 58.7 Å². The van der Waals surface area contributed by atoms with E-state index < -0.39 is 11.7 Å². The summed E-state index contributed by atoms with van der Waals surface area (Å²) in [5, 5.41) is 12.4. The summed E-state index contributed by atoms with van der Waals surface area (Å²) < 4.78 is 38.6. The normalized spacial score (nSPS) is 11.2. The lowest BCUT2D eigenvalue weighted by Gasteiger charge is -2.07. The number of alkyl halides is 3. The fourth-order valence-electron chi connectivity index (χ4n) is 1.69. The van der Waals surface area contributed by atoms with Gasteiger partial charge in [-0.25, -0.2) is 4.68 Å². The summed E-state index contributed by atoms with van der Waals surface area (Å²) in [6, 6.07) is 6.01. The molecule has 0 amide bonds. The number of nitriles is 1. The van der Waals surface area contributed by atoms with Crippen LogP contribution in [0.4, 0.5) is 13.2 Å². The number of hydrogen-bond acceptors (Lipinski definition) is 3. The SMILES string of the molecule is CC(=O)c1ccc(C#N)cc1-n1cc(C(F)(F)F)cn1. The minimum atomic E-state index is -4.51. The third-order valence-corrected chi connectivity index (χ3v) is 2.66. The molecule has 0 atom stereocenters. The number of aromatic nitrogens is 2. The average Bonchev–Trinajstić information content (AvgIpc) is 2.87. The predicted octanol–water partition coefficient (Wildman–Crippen LogP) is 2.97. The maximum Gasteiger partial charge on any atom is 0.419 e. The molecule has 7 heteroatoms. The van der Waals surface area contributed by atoms with Crippen molar-refractivity contribution < 1.29 is 18.0 Å². The van der Waals surface area contributed by atoms with Gasteiger partial charge in [-0.1, -0.05) is 0 Å². The Balaban J connectivity index is 2.59. The van der Waals surface area contributed by atoms with E-state index in [1.165, 1.54) is 25.1 Å². The van der Waals surface area contributed by atoms with Gasteiger partial charge in [0.05, 0.1) is 29.1 Å². The number of halogens is 3. The Kier molecular flexibility index (Phi) is 3.32. The van der Waals surface area contributed by atoms with Crippen LogP contribution in [0.2, 0.25) is 0 Å². The van der Waals surface area contributed by atoms with E-state index in [4.69, 9.17) is 5.26 Å². The molecule has 4 nitrogen and oxygen atoms in total. The fraction of sp³-hybridized carbons (Fsp3) is 0.154. The summed E-state index contributed by atoms with van der Waals surface area (Å²) in [5.74, 6) is -0.325. The Morgan fingerprint density at radius 3 is 2.60 bits per heavy atom. The second-order valence-electron chi connectivity index (χ2n) is 4.07. The molecule has 0 unspecified atom stereocenters. The molecule has 0 radical (unpaired) electrons. The van der Waals surface area contributed by atoms with Crippen molar-refractivity contribution >= 4 is 5.78 Å². The molecule has 1 aromatic heterocycles. The van der Waals surface area contributed by atoms with E-state index in [0.29, 0.717) is 6.20 Å². The molecule has 0 saturated carbocycles. The number of nitrogens with zero attached hydrogens (tertiary/aromatic N) is 3.